The van der Waals surface area contributed by atoms with Gasteiger partial charge in [0.1, 0.15) is 0 Å². The van der Waals surface area contributed by atoms with Gasteiger partial charge >= 0.3 is 5.97 Å². The summed E-state index contributed by atoms with van der Waals surface area (Å²) in [5.41, 5.74) is 2.68. The van der Waals surface area contributed by atoms with E-state index in [0.29, 0.717) is 22.5 Å². The first-order chi connectivity index (χ1) is 13.7. The van der Waals surface area contributed by atoms with Crippen molar-refractivity contribution in [2.24, 2.45) is 0 Å². The molecule has 0 radical (unpaired) electrons. The average Bonchev–Trinajstić information content (AvgIpc) is 3.23. The van der Waals surface area contributed by atoms with Gasteiger partial charge in [0.05, 0.1) is 30.3 Å². The van der Waals surface area contributed by atoms with Crippen molar-refractivity contribution in [1.29, 1.82) is 0 Å². The van der Waals surface area contributed by atoms with Gasteiger partial charge < -0.3 is 4.74 Å². The number of H-pyrrole nitrogens is 1. The van der Waals surface area contributed by atoms with Gasteiger partial charge in [0.25, 0.3) is 0 Å². The molecule has 0 spiro atoms. The predicted molar refractivity (Wildman–Crippen MR) is 102 cm³/mol. The number of aromatic amines is 1. The van der Waals surface area contributed by atoms with Gasteiger partial charge in [-0.3, -0.25) is 14.9 Å². The van der Waals surface area contributed by atoms with Crippen molar-refractivity contribution >= 4 is 5.97 Å². The van der Waals surface area contributed by atoms with Gasteiger partial charge in [-0.2, -0.15) is 10.2 Å². The summed E-state index contributed by atoms with van der Waals surface area (Å²) in [5.74, 6) is -0.453. The van der Waals surface area contributed by atoms with E-state index in [-0.39, 0.29) is 11.1 Å². The monoisotopic (exact) mass is 373 g/mol. The van der Waals surface area contributed by atoms with Crippen LogP contribution < -0.4 is 5.43 Å². The number of hydrogen-bond acceptors (Lipinski definition) is 6. The second-order valence-electron chi connectivity index (χ2n) is 5.88. The highest BCUT2D eigenvalue weighted by Gasteiger charge is 2.17. The Kier molecular flexibility index (Phi) is 4.51. The van der Waals surface area contributed by atoms with Crippen molar-refractivity contribution in [1.82, 2.24) is 25.0 Å². The molecule has 0 bridgehead atoms. The second-order valence-corrected chi connectivity index (χ2v) is 5.88. The molecule has 8 nitrogen and oxygen atoms in total. The molecule has 1 aromatic carbocycles. The molecule has 3 heterocycles. The van der Waals surface area contributed by atoms with Crippen molar-refractivity contribution in [3.05, 3.63) is 83.0 Å². The molecule has 0 aliphatic heterocycles. The van der Waals surface area contributed by atoms with E-state index in [4.69, 9.17) is 4.74 Å². The van der Waals surface area contributed by atoms with Crippen LogP contribution >= 0.6 is 0 Å². The number of nitrogens with zero attached hydrogens (tertiary/aromatic N) is 4. The predicted octanol–water partition coefficient (Wildman–Crippen LogP) is 2.47. The van der Waals surface area contributed by atoms with Gasteiger partial charge in [0.2, 0.25) is 5.43 Å². The Morgan fingerprint density at radius 3 is 2.71 bits per heavy atom. The number of nitrogens with one attached hydrogen (secondary N) is 1. The van der Waals surface area contributed by atoms with Crippen LogP contribution in [0, 0.1) is 0 Å². The number of ether oxygens (including phenoxy) is 1. The van der Waals surface area contributed by atoms with Gasteiger partial charge in [-0.25, -0.2) is 9.48 Å². The Hall–Kier alpha value is -4.07. The molecule has 0 atom stereocenters. The summed E-state index contributed by atoms with van der Waals surface area (Å²) >= 11 is 0. The maximum atomic E-state index is 13.1. The van der Waals surface area contributed by atoms with Crippen LogP contribution in [0.5, 0.6) is 0 Å². The quantitative estimate of drug-likeness (QED) is 0.551. The largest absolute Gasteiger partial charge is 0.465 e. The van der Waals surface area contributed by atoms with Crippen LogP contribution in [-0.4, -0.2) is 38.0 Å². The Balaban J connectivity index is 1.83. The summed E-state index contributed by atoms with van der Waals surface area (Å²) in [4.78, 5) is 28.9. The van der Waals surface area contributed by atoms with E-state index >= 15 is 0 Å². The van der Waals surface area contributed by atoms with Gasteiger partial charge in [-0.15, -0.1) is 0 Å². The van der Waals surface area contributed by atoms with Crippen LogP contribution in [0.4, 0.5) is 0 Å². The SMILES string of the molecule is COC(=O)c1cccc(-n2nccc2-c2n[nH]cc(-c3ccncc3)c2=O)c1. The lowest BCUT2D eigenvalue weighted by Crippen LogP contribution is -2.14. The molecule has 0 aliphatic rings. The van der Waals surface area contributed by atoms with Crippen LogP contribution in [0.25, 0.3) is 28.2 Å². The molecule has 4 rings (SSSR count). The zero-order valence-corrected chi connectivity index (χ0v) is 14.9. The summed E-state index contributed by atoms with van der Waals surface area (Å²) in [5, 5.41) is 11.2. The molecule has 0 unspecified atom stereocenters. The van der Waals surface area contributed by atoms with Gasteiger partial charge in [0, 0.05) is 24.2 Å². The Morgan fingerprint density at radius 2 is 1.93 bits per heavy atom. The highest BCUT2D eigenvalue weighted by atomic mass is 16.5. The fraction of sp³-hybridized carbons (Fsp3) is 0.0500. The summed E-state index contributed by atoms with van der Waals surface area (Å²) in [6.07, 6.45) is 6.37. The number of carbonyl (C=O) groups excluding carboxylic acids is 1. The third-order valence-electron chi connectivity index (χ3n) is 4.23. The minimum atomic E-state index is -0.453. The maximum absolute atomic E-state index is 13.1. The molecule has 28 heavy (non-hydrogen) atoms. The number of rotatable bonds is 4. The second kappa shape index (κ2) is 7.28. The van der Waals surface area contributed by atoms with Crippen molar-refractivity contribution in [3.8, 4) is 28.2 Å². The number of benzene rings is 1. The van der Waals surface area contributed by atoms with E-state index in [1.54, 1.807) is 71.9 Å². The zero-order chi connectivity index (χ0) is 19.5. The number of hydrogen-bond donors (Lipinski definition) is 1. The number of pyridine rings is 1. The Labute approximate surface area is 159 Å². The molecule has 1 N–H and O–H groups in total. The van der Waals surface area contributed by atoms with Gasteiger partial charge in [-0.05, 0) is 42.0 Å². The third-order valence-corrected chi connectivity index (χ3v) is 4.23. The summed E-state index contributed by atoms with van der Waals surface area (Å²) in [6.45, 7) is 0. The number of esters is 1. The van der Waals surface area contributed by atoms with Crippen LogP contribution in [0.15, 0.2) is 72.0 Å². The van der Waals surface area contributed by atoms with E-state index in [1.165, 1.54) is 7.11 Å². The lowest BCUT2D eigenvalue weighted by atomic mass is 10.1. The fourth-order valence-corrected chi connectivity index (χ4v) is 2.90. The van der Waals surface area contributed by atoms with E-state index in [0.717, 1.165) is 5.56 Å². The minimum Gasteiger partial charge on any atom is -0.465 e. The van der Waals surface area contributed by atoms with Crippen LogP contribution in [0.3, 0.4) is 0 Å². The third kappa shape index (κ3) is 3.07. The molecule has 8 heteroatoms. The van der Waals surface area contributed by atoms with Crippen molar-refractivity contribution in [3.63, 3.8) is 0 Å². The molecular weight excluding hydrogens is 358 g/mol. The Bertz CT molecular complexity index is 1200. The van der Waals surface area contributed by atoms with Crippen LogP contribution in [-0.2, 0) is 4.74 Å². The number of carbonyl (C=O) groups is 1. The van der Waals surface area contributed by atoms with E-state index < -0.39 is 5.97 Å². The first-order valence-corrected chi connectivity index (χ1v) is 8.40. The first-order valence-electron chi connectivity index (χ1n) is 8.40. The van der Waals surface area contributed by atoms with Gasteiger partial charge in [0.15, 0.2) is 5.69 Å². The van der Waals surface area contributed by atoms with Crippen molar-refractivity contribution in [2.45, 2.75) is 0 Å². The normalized spacial score (nSPS) is 10.6. The summed E-state index contributed by atoms with van der Waals surface area (Å²) < 4.78 is 6.32. The van der Waals surface area contributed by atoms with E-state index in [1.807, 2.05) is 0 Å². The minimum absolute atomic E-state index is 0.218. The van der Waals surface area contributed by atoms with Crippen LogP contribution in [0.1, 0.15) is 10.4 Å². The van der Waals surface area contributed by atoms with Gasteiger partial charge in [-0.1, -0.05) is 6.07 Å². The molecule has 0 saturated heterocycles. The lowest BCUT2D eigenvalue weighted by molar-refractivity contribution is 0.0600. The molecule has 0 fully saturated rings. The molecule has 0 saturated carbocycles. The summed E-state index contributed by atoms with van der Waals surface area (Å²) in [7, 11) is 1.32. The Morgan fingerprint density at radius 1 is 1.11 bits per heavy atom. The molecule has 4 aromatic rings. The molecule has 0 amide bonds. The maximum Gasteiger partial charge on any atom is 0.337 e. The molecular formula is C20H15N5O3. The number of aromatic nitrogens is 5. The highest BCUT2D eigenvalue weighted by molar-refractivity contribution is 5.90. The first kappa shape index (κ1) is 17.3. The summed E-state index contributed by atoms with van der Waals surface area (Å²) in [6, 6.07) is 12.0. The van der Waals surface area contributed by atoms with Crippen LogP contribution in [0.2, 0.25) is 0 Å². The lowest BCUT2D eigenvalue weighted by Gasteiger charge is -2.09. The van der Waals surface area contributed by atoms with Crippen molar-refractivity contribution in [2.75, 3.05) is 7.11 Å². The topological polar surface area (TPSA) is 103 Å². The molecule has 138 valence electrons. The highest BCUT2D eigenvalue weighted by Crippen LogP contribution is 2.21. The van der Waals surface area contributed by atoms with E-state index in [9.17, 15) is 9.59 Å². The molecule has 0 aliphatic carbocycles. The van der Waals surface area contributed by atoms with E-state index in [2.05, 4.69) is 20.3 Å². The smallest absolute Gasteiger partial charge is 0.337 e. The van der Waals surface area contributed by atoms with Crippen molar-refractivity contribution < 1.29 is 9.53 Å². The molecule has 3 aromatic heterocycles. The fourth-order valence-electron chi connectivity index (χ4n) is 2.90. The average molecular weight is 373 g/mol. The number of methoxy groups -OCH3 is 1. The standard InChI is InChI=1S/C20H15N5O3/c1-28-20(27)14-3-2-4-15(11-14)25-17(7-10-23-25)18-19(26)16(12-22-24-18)13-5-8-21-9-6-13/h2-12H,1H3,(H,22,26). The zero-order valence-electron chi connectivity index (χ0n) is 14.9.